The van der Waals surface area contributed by atoms with Crippen LogP contribution in [-0.2, 0) is 9.59 Å². The lowest BCUT2D eigenvalue weighted by molar-refractivity contribution is -0.119. The van der Waals surface area contributed by atoms with E-state index >= 15 is 0 Å². The molecular weight excluding hydrogens is 426 g/mol. The third-order valence-electron chi connectivity index (χ3n) is 3.92. The van der Waals surface area contributed by atoms with E-state index in [1.807, 2.05) is 25.1 Å². The monoisotopic (exact) mass is 449 g/mol. The molecule has 0 spiro atoms. The maximum atomic E-state index is 12.3. The molecule has 0 aliphatic heterocycles. The van der Waals surface area contributed by atoms with Crippen LogP contribution in [0.2, 0.25) is 0 Å². The van der Waals surface area contributed by atoms with Gasteiger partial charge in [0.1, 0.15) is 11.5 Å². The summed E-state index contributed by atoms with van der Waals surface area (Å²) in [5.74, 6) is 0.716. The maximum Gasteiger partial charge on any atom is 0.238 e. The summed E-state index contributed by atoms with van der Waals surface area (Å²) in [6.45, 7) is 2.07. The van der Waals surface area contributed by atoms with Crippen molar-refractivity contribution in [2.45, 2.75) is 6.92 Å². The largest absolute Gasteiger partial charge is 0.497 e. The first-order valence-corrected chi connectivity index (χ1v) is 9.37. The molecular formula is C20H24BrN3O4. The number of hydrogen-bond acceptors (Lipinski definition) is 5. The summed E-state index contributed by atoms with van der Waals surface area (Å²) in [6.07, 6.45) is 0. The molecule has 0 aliphatic rings. The number of carbonyl (C=O) groups excluding carboxylic acids is 2. The van der Waals surface area contributed by atoms with Crippen molar-refractivity contribution in [3.63, 3.8) is 0 Å². The quantitative estimate of drug-likeness (QED) is 0.646. The van der Waals surface area contributed by atoms with Crippen molar-refractivity contribution >= 4 is 39.1 Å². The van der Waals surface area contributed by atoms with E-state index in [-0.39, 0.29) is 24.9 Å². The molecule has 2 aromatic carbocycles. The Bertz CT molecular complexity index is 835. The lowest BCUT2D eigenvalue weighted by Gasteiger charge is -2.17. The van der Waals surface area contributed by atoms with Crippen LogP contribution in [0.15, 0.2) is 40.9 Å². The third-order valence-corrected chi connectivity index (χ3v) is 4.42. The normalized spacial score (nSPS) is 10.5. The Hall–Kier alpha value is -2.58. The maximum absolute atomic E-state index is 12.3. The average Bonchev–Trinajstić information content (AvgIpc) is 2.63. The van der Waals surface area contributed by atoms with E-state index in [0.717, 1.165) is 15.7 Å². The second-order valence-corrected chi connectivity index (χ2v) is 7.24. The SMILES string of the molecule is COc1cc(NC(=O)CN(C)CC(=O)Nc2ccc(Br)cc2C)cc(OC)c1. The topological polar surface area (TPSA) is 79.9 Å². The van der Waals surface area contributed by atoms with Crippen molar-refractivity contribution in [2.75, 3.05) is 45.0 Å². The number of halogens is 1. The van der Waals surface area contributed by atoms with E-state index in [2.05, 4.69) is 26.6 Å². The van der Waals surface area contributed by atoms with Gasteiger partial charge in [-0.15, -0.1) is 0 Å². The summed E-state index contributed by atoms with van der Waals surface area (Å²) in [5.41, 5.74) is 2.26. The van der Waals surface area contributed by atoms with Crippen LogP contribution in [0.5, 0.6) is 11.5 Å². The number of anilines is 2. The Morgan fingerprint density at radius 3 is 2.07 bits per heavy atom. The van der Waals surface area contributed by atoms with Crippen LogP contribution in [0.25, 0.3) is 0 Å². The van der Waals surface area contributed by atoms with E-state index in [0.29, 0.717) is 17.2 Å². The first-order valence-electron chi connectivity index (χ1n) is 8.58. The van der Waals surface area contributed by atoms with Gasteiger partial charge < -0.3 is 20.1 Å². The van der Waals surface area contributed by atoms with Gasteiger partial charge in [-0.1, -0.05) is 15.9 Å². The summed E-state index contributed by atoms with van der Waals surface area (Å²) in [7, 11) is 4.79. The van der Waals surface area contributed by atoms with E-state index in [4.69, 9.17) is 9.47 Å². The zero-order chi connectivity index (χ0) is 20.7. The Morgan fingerprint density at radius 2 is 1.54 bits per heavy atom. The molecule has 28 heavy (non-hydrogen) atoms. The Labute approximate surface area is 173 Å². The van der Waals surface area contributed by atoms with Crippen LogP contribution in [0.3, 0.4) is 0 Å². The molecule has 0 saturated carbocycles. The van der Waals surface area contributed by atoms with Crippen LogP contribution in [0, 0.1) is 6.92 Å². The van der Waals surface area contributed by atoms with Gasteiger partial charge in [-0.2, -0.15) is 0 Å². The Morgan fingerprint density at radius 1 is 0.964 bits per heavy atom. The second kappa shape index (κ2) is 10.1. The van der Waals surface area contributed by atoms with Crippen LogP contribution >= 0.6 is 15.9 Å². The van der Waals surface area contributed by atoms with Gasteiger partial charge in [0.05, 0.1) is 27.3 Å². The van der Waals surface area contributed by atoms with Gasteiger partial charge in [-0.3, -0.25) is 14.5 Å². The van der Waals surface area contributed by atoms with E-state index in [1.165, 1.54) is 0 Å². The number of nitrogens with zero attached hydrogens (tertiary/aromatic N) is 1. The summed E-state index contributed by atoms with van der Waals surface area (Å²) in [6, 6.07) is 10.7. The predicted molar refractivity (Wildman–Crippen MR) is 113 cm³/mol. The van der Waals surface area contributed by atoms with Gasteiger partial charge >= 0.3 is 0 Å². The van der Waals surface area contributed by atoms with Gasteiger partial charge in [-0.05, 0) is 37.7 Å². The van der Waals surface area contributed by atoms with Gasteiger partial charge in [0.25, 0.3) is 0 Å². The Kier molecular flexibility index (Phi) is 7.83. The number of ether oxygens (including phenoxy) is 2. The second-order valence-electron chi connectivity index (χ2n) is 6.33. The molecule has 7 nitrogen and oxygen atoms in total. The van der Waals surface area contributed by atoms with E-state index in [9.17, 15) is 9.59 Å². The highest BCUT2D eigenvalue weighted by molar-refractivity contribution is 9.10. The standard InChI is InChI=1S/C20H24BrN3O4/c1-13-7-14(21)5-6-18(13)23-20(26)12-24(2)11-19(25)22-15-8-16(27-3)10-17(9-15)28-4/h5-10H,11-12H2,1-4H3,(H,22,25)(H,23,26). The lowest BCUT2D eigenvalue weighted by Crippen LogP contribution is -2.36. The molecule has 0 atom stereocenters. The number of aryl methyl sites for hydroxylation is 1. The molecule has 0 saturated heterocycles. The zero-order valence-electron chi connectivity index (χ0n) is 16.3. The van der Waals surface area contributed by atoms with Crippen LogP contribution < -0.4 is 20.1 Å². The fourth-order valence-electron chi connectivity index (χ4n) is 2.58. The van der Waals surface area contributed by atoms with Crippen molar-refractivity contribution in [1.82, 2.24) is 4.90 Å². The number of nitrogens with one attached hydrogen (secondary N) is 2. The number of amides is 2. The highest BCUT2D eigenvalue weighted by Crippen LogP contribution is 2.25. The summed E-state index contributed by atoms with van der Waals surface area (Å²) in [5, 5.41) is 5.64. The molecule has 0 aromatic heterocycles. The highest BCUT2D eigenvalue weighted by Gasteiger charge is 2.13. The third kappa shape index (κ3) is 6.54. The summed E-state index contributed by atoms with van der Waals surface area (Å²) in [4.78, 5) is 26.2. The van der Waals surface area contributed by atoms with Crippen molar-refractivity contribution in [1.29, 1.82) is 0 Å². The molecule has 150 valence electrons. The minimum atomic E-state index is -0.245. The fourth-order valence-corrected chi connectivity index (χ4v) is 3.06. The van der Waals surface area contributed by atoms with Crippen molar-refractivity contribution < 1.29 is 19.1 Å². The molecule has 0 heterocycles. The zero-order valence-corrected chi connectivity index (χ0v) is 17.9. The molecule has 0 unspecified atom stereocenters. The van der Waals surface area contributed by atoms with Gasteiger partial charge in [-0.25, -0.2) is 0 Å². The molecule has 0 aliphatic carbocycles. The van der Waals surface area contributed by atoms with Crippen LogP contribution in [0.1, 0.15) is 5.56 Å². The minimum Gasteiger partial charge on any atom is -0.497 e. The van der Waals surface area contributed by atoms with Gasteiger partial charge in [0.2, 0.25) is 11.8 Å². The van der Waals surface area contributed by atoms with Crippen LogP contribution in [-0.4, -0.2) is 51.1 Å². The first-order chi connectivity index (χ1) is 13.3. The predicted octanol–water partition coefficient (Wildman–Crippen LogP) is 3.28. The number of likely N-dealkylation sites (N-methyl/N-ethyl adjacent to an activating group) is 1. The van der Waals surface area contributed by atoms with E-state index in [1.54, 1.807) is 44.4 Å². The van der Waals surface area contributed by atoms with E-state index < -0.39 is 0 Å². The molecule has 2 rings (SSSR count). The Balaban J connectivity index is 1.89. The number of hydrogen-bond donors (Lipinski definition) is 2. The fraction of sp³-hybridized carbons (Fsp3) is 0.300. The molecule has 8 heteroatoms. The average molecular weight is 450 g/mol. The molecule has 0 bridgehead atoms. The molecule has 0 radical (unpaired) electrons. The van der Waals surface area contributed by atoms with Crippen molar-refractivity contribution in [3.05, 3.63) is 46.4 Å². The highest BCUT2D eigenvalue weighted by atomic mass is 79.9. The number of benzene rings is 2. The molecule has 2 N–H and O–H groups in total. The van der Waals surface area contributed by atoms with Crippen molar-refractivity contribution in [3.8, 4) is 11.5 Å². The number of rotatable bonds is 8. The summed E-state index contributed by atoms with van der Waals surface area (Å²) < 4.78 is 11.3. The smallest absolute Gasteiger partial charge is 0.238 e. The molecule has 0 fully saturated rings. The lowest BCUT2D eigenvalue weighted by atomic mass is 10.2. The number of methoxy groups -OCH3 is 2. The molecule has 2 amide bonds. The van der Waals surface area contributed by atoms with Gasteiger partial charge in [0, 0.05) is 34.0 Å². The minimum absolute atomic E-state index is 0.0618. The van der Waals surface area contributed by atoms with Crippen LogP contribution in [0.4, 0.5) is 11.4 Å². The number of carbonyl (C=O) groups is 2. The van der Waals surface area contributed by atoms with Gasteiger partial charge in [0.15, 0.2) is 0 Å². The summed E-state index contributed by atoms with van der Waals surface area (Å²) >= 11 is 3.39. The van der Waals surface area contributed by atoms with Crippen molar-refractivity contribution in [2.24, 2.45) is 0 Å². The molecule has 2 aromatic rings. The first kappa shape index (κ1) is 21.7.